The first-order chi connectivity index (χ1) is 16.6. The van der Waals surface area contributed by atoms with Crippen molar-refractivity contribution in [3.63, 3.8) is 0 Å². The van der Waals surface area contributed by atoms with Gasteiger partial charge >= 0.3 is 0 Å². The van der Waals surface area contributed by atoms with Gasteiger partial charge in [-0.05, 0) is 31.9 Å². The molecule has 0 radical (unpaired) electrons. The number of nitro groups is 1. The van der Waals surface area contributed by atoms with Crippen molar-refractivity contribution in [1.29, 1.82) is 0 Å². The molecular weight excluding hydrogens is 586 g/mol. The molecule has 0 spiro atoms. The number of carbonyl (C=O) groups excluding carboxylic acids is 4. The number of Topliss-reactive ketones (excluding diaryl/α,β-unsaturated/α-hetero) is 1. The molecule has 2 fully saturated rings. The van der Waals surface area contributed by atoms with Gasteiger partial charge in [-0.3, -0.25) is 29.3 Å². The third kappa shape index (κ3) is 4.92. The number of halogens is 2. The molecule has 9 nitrogen and oxygen atoms in total. The molecule has 4 atom stereocenters. The minimum Gasteiger partial charge on any atom is -0.292 e. The number of non-ortho nitro benzene ring substituents is 1. The summed E-state index contributed by atoms with van der Waals surface area (Å²) in [5, 5.41) is 12.7. The normalized spacial score (nSPS) is 23.7. The number of benzene rings is 2. The van der Waals surface area contributed by atoms with Crippen molar-refractivity contribution >= 4 is 61.1 Å². The summed E-state index contributed by atoms with van der Waals surface area (Å²) < 4.78 is 0. The Kier molecular flexibility index (Phi) is 7.18. The molecule has 1 aliphatic carbocycles. The minimum absolute atomic E-state index is 0.0134. The lowest BCUT2D eigenvalue weighted by atomic mass is 9.81. The highest BCUT2D eigenvalue weighted by Gasteiger charge is 2.54. The Bertz CT molecular complexity index is 1170. The maximum Gasteiger partial charge on any atom is 0.273 e. The number of fused-ring (bicyclic) bond motifs is 1. The molecule has 3 amide bonds. The molecule has 11 heteroatoms. The summed E-state index contributed by atoms with van der Waals surface area (Å²) in [5.41, 5.74) is 1.08. The van der Waals surface area contributed by atoms with Crippen LogP contribution in [-0.4, -0.2) is 54.6 Å². The van der Waals surface area contributed by atoms with E-state index in [4.69, 9.17) is 0 Å². The Morgan fingerprint density at radius 2 is 1.43 bits per heavy atom. The number of hydrogen-bond acceptors (Lipinski definition) is 6. The maximum absolute atomic E-state index is 13.5. The first-order valence-electron chi connectivity index (χ1n) is 10.9. The Morgan fingerprint density at radius 3 is 1.91 bits per heavy atom. The van der Waals surface area contributed by atoms with E-state index in [1.807, 2.05) is 6.92 Å². The van der Waals surface area contributed by atoms with E-state index in [0.717, 1.165) is 27.7 Å². The summed E-state index contributed by atoms with van der Waals surface area (Å²) in [7, 11) is 0. The standard InChI is InChI=1S/C24H21Br2N3O6/c1-13-2-4-14(5-3-13)21(30)12-27(22(31)15-6-8-16(9-7-15)29(34)35)28-23(32)17-10-19(25)20(26)11-18(17)24(28)33/h2-9,17-20H,10-12H2,1H3/t17-,18+,19-,20-/m0/s1. The average molecular weight is 607 g/mol. The van der Waals surface area contributed by atoms with E-state index in [1.54, 1.807) is 24.3 Å². The first kappa shape index (κ1) is 25.2. The molecule has 35 heavy (non-hydrogen) atoms. The second kappa shape index (κ2) is 9.98. The second-order valence-electron chi connectivity index (χ2n) is 8.66. The SMILES string of the molecule is Cc1ccc(C(=O)CN(C(=O)c2ccc([N+](=O)[O-])cc2)N2C(=O)[C@H]3C[C@H](Br)[C@@H](Br)C[C@H]3C2=O)cc1. The van der Waals surface area contributed by atoms with Crippen LogP contribution in [-0.2, 0) is 9.59 Å². The summed E-state index contributed by atoms with van der Waals surface area (Å²) in [4.78, 5) is 63.7. The van der Waals surface area contributed by atoms with Crippen molar-refractivity contribution in [1.82, 2.24) is 10.0 Å². The van der Waals surface area contributed by atoms with Gasteiger partial charge in [-0.2, -0.15) is 5.01 Å². The van der Waals surface area contributed by atoms with Crippen molar-refractivity contribution in [2.45, 2.75) is 29.4 Å². The van der Waals surface area contributed by atoms with Gasteiger partial charge in [0, 0.05) is 32.9 Å². The van der Waals surface area contributed by atoms with Gasteiger partial charge in [-0.15, -0.1) is 0 Å². The molecule has 1 saturated heterocycles. The number of ketones is 1. The fraction of sp³-hybridized carbons (Fsp3) is 0.333. The van der Waals surface area contributed by atoms with Gasteiger partial charge in [-0.1, -0.05) is 61.7 Å². The van der Waals surface area contributed by atoms with Crippen molar-refractivity contribution in [2.75, 3.05) is 6.54 Å². The topological polar surface area (TPSA) is 118 Å². The molecular formula is C24H21Br2N3O6. The lowest BCUT2D eigenvalue weighted by Gasteiger charge is -2.30. The van der Waals surface area contributed by atoms with Gasteiger partial charge in [0.2, 0.25) is 0 Å². The molecule has 182 valence electrons. The van der Waals surface area contributed by atoms with Gasteiger partial charge in [0.25, 0.3) is 23.4 Å². The fourth-order valence-electron chi connectivity index (χ4n) is 4.39. The molecule has 2 aromatic carbocycles. The third-order valence-electron chi connectivity index (χ3n) is 6.36. The van der Waals surface area contributed by atoms with Crippen molar-refractivity contribution in [3.8, 4) is 0 Å². The zero-order valence-electron chi connectivity index (χ0n) is 18.6. The van der Waals surface area contributed by atoms with Crippen LogP contribution in [0.25, 0.3) is 0 Å². The van der Waals surface area contributed by atoms with E-state index < -0.39 is 46.8 Å². The van der Waals surface area contributed by atoms with Crippen LogP contribution in [0, 0.1) is 28.9 Å². The lowest BCUT2D eigenvalue weighted by molar-refractivity contribution is -0.384. The predicted molar refractivity (Wildman–Crippen MR) is 133 cm³/mol. The molecule has 2 aliphatic rings. The number of rotatable bonds is 6. The molecule has 1 aliphatic heterocycles. The fourth-order valence-corrected chi connectivity index (χ4v) is 5.63. The third-order valence-corrected chi connectivity index (χ3v) is 9.09. The Hall–Kier alpha value is -2.92. The van der Waals surface area contributed by atoms with E-state index in [0.29, 0.717) is 18.4 Å². The number of hydrazine groups is 1. The number of imide groups is 1. The molecule has 2 aromatic rings. The number of aryl methyl sites for hydroxylation is 1. The smallest absolute Gasteiger partial charge is 0.273 e. The number of nitro benzene ring substituents is 1. The number of alkyl halides is 2. The maximum atomic E-state index is 13.5. The summed E-state index contributed by atoms with van der Waals surface area (Å²) >= 11 is 7.07. The van der Waals surface area contributed by atoms with Crippen LogP contribution in [0.2, 0.25) is 0 Å². The molecule has 0 aromatic heterocycles. The van der Waals surface area contributed by atoms with Crippen LogP contribution in [0.3, 0.4) is 0 Å². The zero-order chi connectivity index (χ0) is 25.4. The predicted octanol–water partition coefficient (Wildman–Crippen LogP) is 4.07. The molecule has 1 heterocycles. The highest BCUT2D eigenvalue weighted by atomic mass is 79.9. The Labute approximate surface area is 217 Å². The summed E-state index contributed by atoms with van der Waals surface area (Å²) in [5.74, 6) is -3.50. The summed E-state index contributed by atoms with van der Waals surface area (Å²) in [6, 6.07) is 11.5. The summed E-state index contributed by atoms with van der Waals surface area (Å²) in [6.45, 7) is 1.33. The second-order valence-corrected chi connectivity index (χ2v) is 11.0. The van der Waals surface area contributed by atoms with Gasteiger partial charge in [-0.25, -0.2) is 5.01 Å². The highest BCUT2D eigenvalue weighted by Crippen LogP contribution is 2.43. The Morgan fingerprint density at radius 1 is 0.943 bits per heavy atom. The number of hydrogen-bond donors (Lipinski definition) is 0. The quantitative estimate of drug-likeness (QED) is 0.161. The van der Waals surface area contributed by atoms with Crippen molar-refractivity contribution in [3.05, 3.63) is 75.3 Å². The van der Waals surface area contributed by atoms with E-state index in [2.05, 4.69) is 31.9 Å². The zero-order valence-corrected chi connectivity index (χ0v) is 21.8. The van der Waals surface area contributed by atoms with E-state index in [1.165, 1.54) is 12.1 Å². The van der Waals surface area contributed by atoms with E-state index in [9.17, 15) is 29.3 Å². The summed E-state index contributed by atoms with van der Waals surface area (Å²) in [6.07, 6.45) is 0.820. The van der Waals surface area contributed by atoms with Crippen LogP contribution in [0.15, 0.2) is 48.5 Å². The first-order valence-corrected chi connectivity index (χ1v) is 12.7. The van der Waals surface area contributed by atoms with Crippen LogP contribution >= 0.6 is 31.9 Å². The van der Waals surface area contributed by atoms with E-state index >= 15 is 0 Å². The largest absolute Gasteiger partial charge is 0.292 e. The molecule has 0 N–H and O–H groups in total. The van der Waals surface area contributed by atoms with Crippen molar-refractivity contribution < 1.29 is 24.1 Å². The van der Waals surface area contributed by atoms with Crippen LogP contribution in [0.1, 0.15) is 39.1 Å². The molecule has 4 rings (SSSR count). The van der Waals surface area contributed by atoms with E-state index in [-0.39, 0.29) is 20.9 Å². The minimum atomic E-state index is -0.772. The lowest BCUT2D eigenvalue weighted by Crippen LogP contribution is -2.52. The number of nitrogens with zero attached hydrogens (tertiary/aromatic N) is 3. The number of amides is 3. The average Bonchev–Trinajstić information content (AvgIpc) is 3.06. The Balaban J connectivity index is 1.69. The van der Waals surface area contributed by atoms with Gasteiger partial charge in [0.1, 0.15) is 6.54 Å². The molecule has 0 unspecified atom stereocenters. The van der Waals surface area contributed by atoms with Gasteiger partial charge in [0.15, 0.2) is 5.78 Å². The van der Waals surface area contributed by atoms with Crippen molar-refractivity contribution in [2.24, 2.45) is 11.8 Å². The number of carbonyl (C=O) groups is 4. The van der Waals surface area contributed by atoms with Crippen LogP contribution in [0.4, 0.5) is 5.69 Å². The molecule has 1 saturated carbocycles. The van der Waals surface area contributed by atoms with Gasteiger partial charge in [0.05, 0.1) is 16.8 Å². The highest BCUT2D eigenvalue weighted by molar-refractivity contribution is 9.12. The monoisotopic (exact) mass is 605 g/mol. The van der Waals surface area contributed by atoms with Crippen LogP contribution in [0.5, 0.6) is 0 Å². The van der Waals surface area contributed by atoms with Crippen LogP contribution < -0.4 is 0 Å². The molecule has 0 bridgehead atoms. The van der Waals surface area contributed by atoms with Gasteiger partial charge < -0.3 is 0 Å².